The maximum absolute atomic E-state index is 12.1. The Balaban J connectivity index is 1.57. The molecule has 2 amide bonds. The molecule has 0 bridgehead atoms. The predicted octanol–water partition coefficient (Wildman–Crippen LogP) is 2.14. The number of nitrogens with zero attached hydrogens (tertiary/aromatic N) is 1. The van der Waals surface area contributed by atoms with Gasteiger partial charge in [0.1, 0.15) is 0 Å². The lowest BCUT2D eigenvalue weighted by Gasteiger charge is -2.08. The number of hydrogen-bond donors (Lipinski definition) is 2. The molecular weight excluding hydrogens is 326 g/mol. The number of amides is 2. The molecule has 0 aliphatic heterocycles. The van der Waals surface area contributed by atoms with E-state index in [0.717, 1.165) is 29.9 Å². The molecule has 1 aliphatic carbocycles. The van der Waals surface area contributed by atoms with Crippen molar-refractivity contribution in [3.8, 4) is 0 Å². The Morgan fingerprint density at radius 2 is 2.12 bits per heavy atom. The van der Waals surface area contributed by atoms with Crippen LogP contribution in [0.3, 0.4) is 0 Å². The molecule has 2 N–H and O–H groups in total. The third-order valence-corrected chi connectivity index (χ3v) is 4.74. The van der Waals surface area contributed by atoms with Crippen molar-refractivity contribution in [1.29, 1.82) is 0 Å². The van der Waals surface area contributed by atoms with Crippen LogP contribution in [0, 0.1) is 6.92 Å². The fourth-order valence-electron chi connectivity index (χ4n) is 2.35. The SMILES string of the molecule is Cc1csc(=O)n1CCC(=O)Nc1cccc(C(=O)NC2CC2)c1. The molecule has 24 heavy (non-hydrogen) atoms. The molecule has 0 saturated heterocycles. The molecule has 1 fully saturated rings. The summed E-state index contributed by atoms with van der Waals surface area (Å²) in [5, 5.41) is 7.47. The van der Waals surface area contributed by atoms with Gasteiger partial charge in [-0.1, -0.05) is 17.4 Å². The zero-order chi connectivity index (χ0) is 17.1. The Hall–Kier alpha value is -2.41. The van der Waals surface area contributed by atoms with Crippen molar-refractivity contribution < 1.29 is 9.59 Å². The first-order valence-electron chi connectivity index (χ1n) is 7.88. The van der Waals surface area contributed by atoms with Gasteiger partial charge in [0.15, 0.2) is 0 Å². The monoisotopic (exact) mass is 345 g/mol. The van der Waals surface area contributed by atoms with E-state index < -0.39 is 0 Å². The number of nitrogens with one attached hydrogen (secondary N) is 2. The van der Waals surface area contributed by atoms with Crippen LogP contribution in [0.1, 0.15) is 35.3 Å². The van der Waals surface area contributed by atoms with Crippen molar-refractivity contribution >= 4 is 28.8 Å². The summed E-state index contributed by atoms with van der Waals surface area (Å²) < 4.78 is 1.59. The van der Waals surface area contributed by atoms with Crippen LogP contribution < -0.4 is 15.5 Å². The van der Waals surface area contributed by atoms with Gasteiger partial charge in [0.2, 0.25) is 5.91 Å². The molecule has 0 spiro atoms. The van der Waals surface area contributed by atoms with Gasteiger partial charge in [-0.3, -0.25) is 14.4 Å². The number of aryl methyl sites for hydroxylation is 1. The molecule has 0 unspecified atom stereocenters. The molecule has 126 valence electrons. The summed E-state index contributed by atoms with van der Waals surface area (Å²) in [6, 6.07) is 7.17. The van der Waals surface area contributed by atoms with E-state index in [-0.39, 0.29) is 23.1 Å². The highest BCUT2D eigenvalue weighted by molar-refractivity contribution is 7.07. The topological polar surface area (TPSA) is 80.2 Å². The fraction of sp³-hybridized carbons (Fsp3) is 0.353. The third-order valence-electron chi connectivity index (χ3n) is 3.86. The Kier molecular flexibility index (Phi) is 4.80. The first-order chi connectivity index (χ1) is 11.5. The van der Waals surface area contributed by atoms with Crippen LogP contribution in [0.15, 0.2) is 34.4 Å². The summed E-state index contributed by atoms with van der Waals surface area (Å²) in [6.07, 6.45) is 2.27. The average molecular weight is 345 g/mol. The lowest BCUT2D eigenvalue weighted by molar-refractivity contribution is -0.116. The summed E-state index contributed by atoms with van der Waals surface area (Å²) in [7, 11) is 0. The molecule has 1 heterocycles. The third kappa shape index (κ3) is 4.11. The van der Waals surface area contributed by atoms with Crippen molar-refractivity contribution in [2.45, 2.75) is 38.8 Å². The van der Waals surface area contributed by atoms with E-state index in [2.05, 4.69) is 10.6 Å². The van der Waals surface area contributed by atoms with Crippen molar-refractivity contribution in [1.82, 2.24) is 9.88 Å². The van der Waals surface area contributed by atoms with Crippen LogP contribution in [-0.2, 0) is 11.3 Å². The fourth-order valence-corrected chi connectivity index (χ4v) is 3.11. The number of benzene rings is 1. The predicted molar refractivity (Wildman–Crippen MR) is 93.5 cm³/mol. The van der Waals surface area contributed by atoms with E-state index in [0.29, 0.717) is 23.8 Å². The summed E-state index contributed by atoms with van der Waals surface area (Å²) in [5.41, 5.74) is 1.97. The quantitative estimate of drug-likeness (QED) is 0.842. The second-order valence-corrected chi connectivity index (χ2v) is 6.74. The first kappa shape index (κ1) is 16.4. The molecule has 1 aromatic carbocycles. The highest BCUT2D eigenvalue weighted by Crippen LogP contribution is 2.20. The Morgan fingerprint density at radius 1 is 1.33 bits per heavy atom. The van der Waals surface area contributed by atoms with E-state index in [9.17, 15) is 14.4 Å². The highest BCUT2D eigenvalue weighted by Gasteiger charge is 2.23. The number of aromatic nitrogens is 1. The lowest BCUT2D eigenvalue weighted by atomic mass is 10.2. The molecule has 6 nitrogen and oxygen atoms in total. The number of anilines is 1. The number of thiazole rings is 1. The largest absolute Gasteiger partial charge is 0.349 e. The van der Waals surface area contributed by atoms with E-state index >= 15 is 0 Å². The Labute approximate surface area is 143 Å². The zero-order valence-electron chi connectivity index (χ0n) is 13.4. The van der Waals surface area contributed by atoms with Crippen molar-refractivity contribution in [3.63, 3.8) is 0 Å². The zero-order valence-corrected chi connectivity index (χ0v) is 14.2. The summed E-state index contributed by atoms with van der Waals surface area (Å²) in [5.74, 6) is -0.304. The van der Waals surface area contributed by atoms with Gasteiger partial charge in [0.25, 0.3) is 5.91 Å². The van der Waals surface area contributed by atoms with Gasteiger partial charge in [-0.15, -0.1) is 0 Å². The summed E-state index contributed by atoms with van der Waals surface area (Å²) in [4.78, 5) is 35.7. The summed E-state index contributed by atoms with van der Waals surface area (Å²) in [6.45, 7) is 2.19. The number of carbonyl (C=O) groups is 2. The van der Waals surface area contributed by atoms with Gasteiger partial charge >= 0.3 is 4.87 Å². The van der Waals surface area contributed by atoms with Gasteiger partial charge in [-0.05, 0) is 38.0 Å². The lowest BCUT2D eigenvalue weighted by Crippen LogP contribution is -2.25. The van der Waals surface area contributed by atoms with Crippen LogP contribution in [0.2, 0.25) is 0 Å². The van der Waals surface area contributed by atoms with Crippen LogP contribution in [0.5, 0.6) is 0 Å². The van der Waals surface area contributed by atoms with Crippen molar-refractivity contribution in [3.05, 3.63) is 50.6 Å². The van der Waals surface area contributed by atoms with Crippen LogP contribution in [-0.4, -0.2) is 22.4 Å². The molecular formula is C17H19N3O3S. The van der Waals surface area contributed by atoms with Crippen LogP contribution >= 0.6 is 11.3 Å². The number of carbonyl (C=O) groups excluding carboxylic acids is 2. The molecule has 7 heteroatoms. The first-order valence-corrected chi connectivity index (χ1v) is 8.76. The van der Waals surface area contributed by atoms with E-state index in [4.69, 9.17) is 0 Å². The minimum absolute atomic E-state index is 0.0564. The van der Waals surface area contributed by atoms with Gasteiger partial charge < -0.3 is 15.2 Å². The molecule has 0 atom stereocenters. The smallest absolute Gasteiger partial charge is 0.307 e. The highest BCUT2D eigenvalue weighted by atomic mass is 32.1. The van der Waals surface area contributed by atoms with Gasteiger partial charge in [-0.25, -0.2) is 0 Å². The Bertz CT molecular complexity index is 820. The average Bonchev–Trinajstić information content (AvgIpc) is 3.31. The second-order valence-electron chi connectivity index (χ2n) is 5.92. The maximum atomic E-state index is 12.1. The van der Waals surface area contributed by atoms with Crippen LogP contribution in [0.25, 0.3) is 0 Å². The number of hydrogen-bond acceptors (Lipinski definition) is 4. The minimum atomic E-state index is -0.188. The molecule has 1 aliphatic rings. The molecule has 1 aromatic heterocycles. The summed E-state index contributed by atoms with van der Waals surface area (Å²) >= 11 is 1.13. The van der Waals surface area contributed by atoms with Crippen molar-refractivity contribution in [2.24, 2.45) is 0 Å². The van der Waals surface area contributed by atoms with E-state index in [1.807, 2.05) is 6.92 Å². The van der Waals surface area contributed by atoms with E-state index in [1.165, 1.54) is 0 Å². The second kappa shape index (κ2) is 7.00. The van der Waals surface area contributed by atoms with Crippen LogP contribution in [0.4, 0.5) is 5.69 Å². The van der Waals surface area contributed by atoms with E-state index in [1.54, 1.807) is 34.2 Å². The Morgan fingerprint density at radius 3 is 2.79 bits per heavy atom. The number of rotatable bonds is 6. The van der Waals surface area contributed by atoms with Crippen molar-refractivity contribution in [2.75, 3.05) is 5.32 Å². The van der Waals surface area contributed by atoms with Gasteiger partial charge in [0, 0.05) is 41.3 Å². The van der Waals surface area contributed by atoms with Gasteiger partial charge in [0.05, 0.1) is 0 Å². The standard InChI is InChI=1S/C17H19N3O3S/c1-11-10-24-17(23)20(11)8-7-15(21)18-14-4-2-3-12(9-14)16(22)19-13-5-6-13/h2-4,9-10,13H,5-8H2,1H3,(H,18,21)(H,19,22). The maximum Gasteiger partial charge on any atom is 0.307 e. The molecule has 0 radical (unpaired) electrons. The minimum Gasteiger partial charge on any atom is -0.349 e. The molecule has 3 rings (SSSR count). The normalized spacial score (nSPS) is 13.5. The molecule has 1 saturated carbocycles. The van der Waals surface area contributed by atoms with Gasteiger partial charge in [-0.2, -0.15) is 0 Å². The molecule has 2 aromatic rings.